The van der Waals surface area contributed by atoms with Crippen LogP contribution in [0, 0.1) is 10.1 Å². The SMILES string of the molecule is COc1cc(CNCCNc2ccc([N+](=O)[O-])cc2Cl)cc(Cl)c1OCc1ccccc1. The molecular weight excluding hydrogens is 453 g/mol. The van der Waals surface area contributed by atoms with Crippen molar-refractivity contribution >= 4 is 34.6 Å². The predicted molar refractivity (Wildman–Crippen MR) is 127 cm³/mol. The monoisotopic (exact) mass is 475 g/mol. The smallest absolute Gasteiger partial charge is 0.271 e. The number of ether oxygens (including phenoxy) is 2. The first kappa shape index (κ1) is 23.7. The molecule has 0 radical (unpaired) electrons. The minimum Gasteiger partial charge on any atom is -0.493 e. The second kappa shape index (κ2) is 11.6. The van der Waals surface area contributed by atoms with Gasteiger partial charge in [0.15, 0.2) is 11.5 Å². The van der Waals surface area contributed by atoms with Crippen LogP contribution in [0.2, 0.25) is 10.0 Å². The van der Waals surface area contributed by atoms with E-state index in [1.165, 1.54) is 12.1 Å². The van der Waals surface area contributed by atoms with Gasteiger partial charge in [0, 0.05) is 31.8 Å². The number of non-ortho nitro benzene ring substituents is 1. The first-order chi connectivity index (χ1) is 15.5. The molecule has 0 aliphatic heterocycles. The van der Waals surface area contributed by atoms with Crippen LogP contribution in [0.5, 0.6) is 11.5 Å². The zero-order valence-electron chi connectivity index (χ0n) is 17.4. The Kier molecular flexibility index (Phi) is 8.56. The number of hydrogen-bond donors (Lipinski definition) is 2. The summed E-state index contributed by atoms with van der Waals surface area (Å²) in [5, 5.41) is 18.0. The van der Waals surface area contributed by atoms with Crippen LogP contribution >= 0.6 is 23.2 Å². The van der Waals surface area contributed by atoms with Crippen molar-refractivity contribution in [3.8, 4) is 11.5 Å². The number of nitro benzene ring substituents is 1. The molecule has 0 aromatic heterocycles. The molecule has 0 heterocycles. The van der Waals surface area contributed by atoms with Gasteiger partial charge in [0.25, 0.3) is 5.69 Å². The number of anilines is 1. The zero-order chi connectivity index (χ0) is 22.9. The topological polar surface area (TPSA) is 85.7 Å². The Morgan fingerprint density at radius 3 is 2.44 bits per heavy atom. The summed E-state index contributed by atoms with van der Waals surface area (Å²) in [5.74, 6) is 1.08. The second-order valence-electron chi connectivity index (χ2n) is 6.91. The fourth-order valence-electron chi connectivity index (χ4n) is 3.02. The lowest BCUT2D eigenvalue weighted by molar-refractivity contribution is -0.384. The largest absolute Gasteiger partial charge is 0.493 e. The molecule has 0 bridgehead atoms. The van der Waals surface area contributed by atoms with Crippen molar-refractivity contribution in [3.63, 3.8) is 0 Å². The molecule has 0 atom stereocenters. The highest BCUT2D eigenvalue weighted by atomic mass is 35.5. The lowest BCUT2D eigenvalue weighted by Crippen LogP contribution is -2.22. The van der Waals surface area contributed by atoms with Crippen molar-refractivity contribution in [2.75, 3.05) is 25.5 Å². The van der Waals surface area contributed by atoms with E-state index in [4.69, 9.17) is 32.7 Å². The highest BCUT2D eigenvalue weighted by Gasteiger charge is 2.13. The number of hydrogen-bond acceptors (Lipinski definition) is 6. The summed E-state index contributed by atoms with van der Waals surface area (Å²) < 4.78 is 11.4. The number of nitrogens with one attached hydrogen (secondary N) is 2. The minimum atomic E-state index is -0.478. The van der Waals surface area contributed by atoms with Crippen molar-refractivity contribution in [1.29, 1.82) is 0 Å². The molecule has 0 saturated heterocycles. The van der Waals surface area contributed by atoms with Gasteiger partial charge in [0.1, 0.15) is 6.61 Å². The van der Waals surface area contributed by atoms with Crippen molar-refractivity contribution in [2.24, 2.45) is 0 Å². The summed E-state index contributed by atoms with van der Waals surface area (Å²) in [6.07, 6.45) is 0. The molecule has 2 N–H and O–H groups in total. The molecule has 0 fully saturated rings. The number of benzene rings is 3. The summed E-state index contributed by atoms with van der Waals surface area (Å²) in [4.78, 5) is 10.3. The Morgan fingerprint density at radius 1 is 0.969 bits per heavy atom. The van der Waals surface area contributed by atoms with Gasteiger partial charge in [0.05, 0.1) is 27.8 Å². The molecular formula is C23H23Cl2N3O4. The van der Waals surface area contributed by atoms with Crippen LogP contribution < -0.4 is 20.1 Å². The van der Waals surface area contributed by atoms with Crippen LogP contribution in [0.25, 0.3) is 0 Å². The van der Waals surface area contributed by atoms with Gasteiger partial charge in [-0.3, -0.25) is 10.1 Å². The van der Waals surface area contributed by atoms with Gasteiger partial charge < -0.3 is 20.1 Å². The van der Waals surface area contributed by atoms with E-state index in [1.54, 1.807) is 13.2 Å². The maximum Gasteiger partial charge on any atom is 0.271 e. The molecule has 0 aliphatic carbocycles. The maximum absolute atomic E-state index is 10.8. The third-order valence-corrected chi connectivity index (χ3v) is 5.22. The van der Waals surface area contributed by atoms with Gasteiger partial charge >= 0.3 is 0 Å². The van der Waals surface area contributed by atoms with Crippen LogP contribution in [0.3, 0.4) is 0 Å². The first-order valence-corrected chi connectivity index (χ1v) is 10.6. The van der Waals surface area contributed by atoms with Crippen molar-refractivity contribution in [2.45, 2.75) is 13.2 Å². The van der Waals surface area contributed by atoms with E-state index in [9.17, 15) is 10.1 Å². The third-order valence-electron chi connectivity index (χ3n) is 4.63. The van der Waals surface area contributed by atoms with Gasteiger partial charge in [-0.05, 0) is 29.3 Å². The number of nitro groups is 1. The number of methoxy groups -OCH3 is 1. The lowest BCUT2D eigenvalue weighted by Gasteiger charge is -2.15. The van der Waals surface area contributed by atoms with E-state index in [2.05, 4.69) is 10.6 Å². The van der Waals surface area contributed by atoms with Crippen LogP contribution in [-0.2, 0) is 13.2 Å². The summed E-state index contributed by atoms with van der Waals surface area (Å²) >= 11 is 12.5. The molecule has 0 amide bonds. The van der Waals surface area contributed by atoms with Gasteiger partial charge in [-0.1, -0.05) is 53.5 Å². The molecule has 0 unspecified atom stereocenters. The molecule has 168 valence electrons. The van der Waals surface area contributed by atoms with Crippen LogP contribution in [0.1, 0.15) is 11.1 Å². The Labute approximate surface area is 196 Å². The molecule has 0 saturated carbocycles. The number of rotatable bonds is 11. The summed E-state index contributed by atoms with van der Waals surface area (Å²) in [5.41, 5.74) is 2.59. The average Bonchev–Trinajstić information content (AvgIpc) is 2.79. The summed E-state index contributed by atoms with van der Waals surface area (Å²) in [6, 6.07) is 17.9. The standard InChI is InChI=1S/C23H23Cl2N3O4/c1-31-22-12-17(11-20(25)23(22)32-15-16-5-3-2-4-6-16)14-26-9-10-27-21-8-7-18(28(29)30)13-19(21)24/h2-8,11-13,26-27H,9-10,14-15H2,1H3. The molecule has 32 heavy (non-hydrogen) atoms. The van der Waals surface area contributed by atoms with Crippen molar-refractivity contribution in [3.05, 3.63) is 92.0 Å². The second-order valence-corrected chi connectivity index (χ2v) is 7.72. The fraction of sp³-hybridized carbons (Fsp3) is 0.217. The Morgan fingerprint density at radius 2 is 1.75 bits per heavy atom. The number of halogens is 2. The molecule has 7 nitrogen and oxygen atoms in total. The van der Waals surface area contributed by atoms with E-state index < -0.39 is 4.92 Å². The van der Waals surface area contributed by atoms with Crippen molar-refractivity contribution in [1.82, 2.24) is 5.32 Å². The third kappa shape index (κ3) is 6.50. The normalized spacial score (nSPS) is 10.6. The Hall–Kier alpha value is -3.00. The highest BCUT2D eigenvalue weighted by Crippen LogP contribution is 2.37. The van der Waals surface area contributed by atoms with E-state index in [0.29, 0.717) is 53.5 Å². The fourth-order valence-corrected chi connectivity index (χ4v) is 3.55. The van der Waals surface area contributed by atoms with Gasteiger partial charge in [0.2, 0.25) is 0 Å². The van der Waals surface area contributed by atoms with Crippen LogP contribution in [0.4, 0.5) is 11.4 Å². The van der Waals surface area contributed by atoms with E-state index in [-0.39, 0.29) is 5.69 Å². The van der Waals surface area contributed by atoms with Crippen molar-refractivity contribution < 1.29 is 14.4 Å². The lowest BCUT2D eigenvalue weighted by atomic mass is 10.2. The van der Waals surface area contributed by atoms with Gasteiger partial charge in [-0.2, -0.15) is 0 Å². The molecule has 0 aliphatic rings. The summed E-state index contributed by atoms with van der Waals surface area (Å²) in [7, 11) is 1.58. The number of nitrogens with zero attached hydrogens (tertiary/aromatic N) is 1. The van der Waals surface area contributed by atoms with Gasteiger partial charge in [-0.15, -0.1) is 0 Å². The predicted octanol–water partition coefficient (Wildman–Crippen LogP) is 5.69. The highest BCUT2D eigenvalue weighted by molar-refractivity contribution is 6.33. The Bertz CT molecular complexity index is 1060. The first-order valence-electron chi connectivity index (χ1n) is 9.89. The zero-order valence-corrected chi connectivity index (χ0v) is 18.9. The molecule has 9 heteroatoms. The summed E-state index contributed by atoms with van der Waals surface area (Å²) in [6.45, 7) is 2.19. The minimum absolute atomic E-state index is 0.0410. The van der Waals surface area contributed by atoms with Gasteiger partial charge in [-0.25, -0.2) is 0 Å². The van der Waals surface area contributed by atoms with E-state index in [0.717, 1.165) is 11.1 Å². The maximum atomic E-state index is 10.8. The van der Waals surface area contributed by atoms with E-state index >= 15 is 0 Å². The molecule has 3 rings (SSSR count). The van der Waals surface area contributed by atoms with Crippen LogP contribution in [0.15, 0.2) is 60.7 Å². The average molecular weight is 476 g/mol. The Balaban J connectivity index is 1.51. The molecule has 3 aromatic carbocycles. The van der Waals surface area contributed by atoms with Crippen LogP contribution in [-0.4, -0.2) is 25.1 Å². The van der Waals surface area contributed by atoms with E-state index in [1.807, 2.05) is 42.5 Å². The quantitative estimate of drug-likeness (QED) is 0.210. The molecule has 0 spiro atoms. The molecule has 3 aromatic rings.